The number of carbonyl (C=O) groups is 1. The Balaban J connectivity index is 1.45. The van der Waals surface area contributed by atoms with E-state index in [4.69, 9.17) is 4.74 Å². The van der Waals surface area contributed by atoms with E-state index in [1.807, 2.05) is 53.4 Å². The van der Waals surface area contributed by atoms with Crippen molar-refractivity contribution in [3.8, 4) is 5.75 Å². The molecule has 1 aliphatic heterocycles. The summed E-state index contributed by atoms with van der Waals surface area (Å²) in [5.74, 6) is 0.948. The minimum absolute atomic E-state index is 0.0180. The van der Waals surface area contributed by atoms with Crippen LogP contribution in [-0.2, 0) is 6.42 Å². The van der Waals surface area contributed by atoms with E-state index in [1.165, 1.54) is 5.56 Å². The molecule has 25 heavy (non-hydrogen) atoms. The average molecular weight is 339 g/mol. The highest BCUT2D eigenvalue weighted by Gasteiger charge is 2.21. The van der Waals surface area contributed by atoms with Gasteiger partial charge in [-0.05, 0) is 30.2 Å². The number of piperazine rings is 1. The van der Waals surface area contributed by atoms with Crippen LogP contribution in [0.2, 0.25) is 0 Å². The van der Waals surface area contributed by atoms with Crippen molar-refractivity contribution in [3.05, 3.63) is 60.2 Å². The topological polar surface area (TPSA) is 44.8 Å². The number of urea groups is 1. The molecule has 0 atom stereocenters. The van der Waals surface area contributed by atoms with Gasteiger partial charge < -0.3 is 15.0 Å². The number of para-hydroxylation sites is 2. The summed E-state index contributed by atoms with van der Waals surface area (Å²) >= 11 is 0. The van der Waals surface area contributed by atoms with E-state index in [1.54, 1.807) is 7.11 Å². The van der Waals surface area contributed by atoms with Crippen molar-refractivity contribution in [1.82, 2.24) is 9.80 Å². The van der Waals surface area contributed by atoms with Gasteiger partial charge >= 0.3 is 6.03 Å². The number of hydrogen-bond acceptors (Lipinski definition) is 3. The molecule has 5 heteroatoms. The van der Waals surface area contributed by atoms with Gasteiger partial charge in [0.1, 0.15) is 5.75 Å². The summed E-state index contributed by atoms with van der Waals surface area (Å²) < 4.78 is 5.41. The number of nitrogens with one attached hydrogen (secondary N) is 1. The fraction of sp³-hybridized carbons (Fsp3) is 0.350. The van der Waals surface area contributed by atoms with E-state index in [0.717, 1.165) is 50.6 Å². The van der Waals surface area contributed by atoms with Gasteiger partial charge in [-0.2, -0.15) is 0 Å². The molecule has 0 unspecified atom stereocenters. The van der Waals surface area contributed by atoms with Gasteiger partial charge in [0.05, 0.1) is 7.11 Å². The Morgan fingerprint density at radius 2 is 1.68 bits per heavy atom. The molecule has 1 heterocycles. The van der Waals surface area contributed by atoms with Crippen molar-refractivity contribution in [3.63, 3.8) is 0 Å². The summed E-state index contributed by atoms with van der Waals surface area (Å²) in [5.41, 5.74) is 2.07. The van der Waals surface area contributed by atoms with Crippen molar-refractivity contribution in [2.45, 2.75) is 6.42 Å². The van der Waals surface area contributed by atoms with E-state index in [0.29, 0.717) is 0 Å². The summed E-state index contributed by atoms with van der Waals surface area (Å²) in [5, 5.41) is 2.95. The lowest BCUT2D eigenvalue weighted by Gasteiger charge is -2.34. The summed E-state index contributed by atoms with van der Waals surface area (Å²) in [6, 6.07) is 17.7. The molecule has 3 rings (SSSR count). The molecule has 2 aromatic rings. The normalized spacial score (nSPS) is 15.0. The van der Waals surface area contributed by atoms with Gasteiger partial charge in [-0.25, -0.2) is 4.79 Å². The molecular weight excluding hydrogens is 314 g/mol. The van der Waals surface area contributed by atoms with Crippen LogP contribution in [0.1, 0.15) is 5.56 Å². The van der Waals surface area contributed by atoms with Crippen LogP contribution < -0.4 is 10.1 Å². The fourth-order valence-corrected chi connectivity index (χ4v) is 3.09. The van der Waals surface area contributed by atoms with Crippen LogP contribution in [0, 0.1) is 0 Å². The SMILES string of the molecule is COc1ccccc1CCN1CCN(C(=O)Nc2ccccc2)CC1. The van der Waals surface area contributed by atoms with Crippen LogP contribution in [0.3, 0.4) is 0 Å². The minimum atomic E-state index is -0.0180. The van der Waals surface area contributed by atoms with Crippen LogP contribution in [-0.4, -0.2) is 55.7 Å². The molecule has 1 aliphatic rings. The lowest BCUT2D eigenvalue weighted by atomic mass is 10.1. The maximum atomic E-state index is 12.3. The molecule has 0 aliphatic carbocycles. The zero-order chi connectivity index (χ0) is 17.5. The molecule has 1 N–H and O–H groups in total. The molecule has 0 radical (unpaired) electrons. The number of anilines is 1. The largest absolute Gasteiger partial charge is 0.496 e. The number of hydrogen-bond donors (Lipinski definition) is 1. The molecule has 0 saturated carbocycles. The summed E-state index contributed by atoms with van der Waals surface area (Å²) in [4.78, 5) is 16.6. The molecule has 1 fully saturated rings. The highest BCUT2D eigenvalue weighted by atomic mass is 16.5. The minimum Gasteiger partial charge on any atom is -0.496 e. The molecular formula is C20H25N3O2. The standard InChI is InChI=1S/C20H25N3O2/c1-25-19-10-6-5-7-17(19)11-12-22-13-15-23(16-14-22)20(24)21-18-8-3-2-4-9-18/h2-10H,11-16H2,1H3,(H,21,24). The number of amides is 2. The number of rotatable bonds is 5. The van der Waals surface area contributed by atoms with E-state index in [-0.39, 0.29) is 6.03 Å². The first-order valence-electron chi connectivity index (χ1n) is 8.71. The average Bonchev–Trinajstić information content (AvgIpc) is 2.67. The first-order valence-corrected chi connectivity index (χ1v) is 8.71. The summed E-state index contributed by atoms with van der Waals surface area (Å²) in [6.07, 6.45) is 0.959. The van der Waals surface area contributed by atoms with Crippen molar-refractivity contribution in [1.29, 1.82) is 0 Å². The van der Waals surface area contributed by atoms with Crippen molar-refractivity contribution in [2.75, 3.05) is 45.2 Å². The molecule has 2 amide bonds. The third kappa shape index (κ3) is 4.73. The molecule has 2 aromatic carbocycles. The van der Waals surface area contributed by atoms with Crippen molar-refractivity contribution < 1.29 is 9.53 Å². The molecule has 0 spiro atoms. The van der Waals surface area contributed by atoms with Crippen LogP contribution in [0.4, 0.5) is 10.5 Å². The fourth-order valence-electron chi connectivity index (χ4n) is 3.09. The smallest absolute Gasteiger partial charge is 0.321 e. The second kappa shape index (κ2) is 8.53. The van der Waals surface area contributed by atoms with Crippen LogP contribution >= 0.6 is 0 Å². The van der Waals surface area contributed by atoms with E-state index < -0.39 is 0 Å². The van der Waals surface area contributed by atoms with Gasteiger partial charge in [0, 0.05) is 38.4 Å². The second-order valence-electron chi connectivity index (χ2n) is 6.19. The van der Waals surface area contributed by atoms with Crippen LogP contribution in [0.25, 0.3) is 0 Å². The molecule has 0 bridgehead atoms. The van der Waals surface area contributed by atoms with E-state index in [9.17, 15) is 4.79 Å². The van der Waals surface area contributed by atoms with E-state index >= 15 is 0 Å². The predicted molar refractivity (Wildman–Crippen MR) is 100 cm³/mol. The Kier molecular flexibility index (Phi) is 5.90. The van der Waals surface area contributed by atoms with Gasteiger partial charge in [0.2, 0.25) is 0 Å². The molecule has 0 aromatic heterocycles. The zero-order valence-electron chi connectivity index (χ0n) is 14.6. The number of carbonyl (C=O) groups excluding carboxylic acids is 1. The molecule has 1 saturated heterocycles. The maximum absolute atomic E-state index is 12.3. The number of ether oxygens (including phenoxy) is 1. The Morgan fingerprint density at radius 1 is 1.00 bits per heavy atom. The van der Waals surface area contributed by atoms with Crippen LogP contribution in [0.15, 0.2) is 54.6 Å². The lowest BCUT2D eigenvalue weighted by Crippen LogP contribution is -2.50. The maximum Gasteiger partial charge on any atom is 0.321 e. The number of benzene rings is 2. The third-order valence-electron chi connectivity index (χ3n) is 4.57. The number of nitrogens with zero attached hydrogens (tertiary/aromatic N) is 2. The Labute approximate surface area is 149 Å². The summed E-state index contributed by atoms with van der Waals surface area (Å²) in [7, 11) is 1.71. The molecule has 5 nitrogen and oxygen atoms in total. The predicted octanol–water partition coefficient (Wildman–Crippen LogP) is 3.09. The zero-order valence-corrected chi connectivity index (χ0v) is 14.6. The van der Waals surface area contributed by atoms with Crippen molar-refractivity contribution >= 4 is 11.7 Å². The van der Waals surface area contributed by atoms with Gasteiger partial charge in [0.15, 0.2) is 0 Å². The Hall–Kier alpha value is -2.53. The second-order valence-corrected chi connectivity index (χ2v) is 6.19. The first kappa shape index (κ1) is 17.3. The Bertz CT molecular complexity index is 682. The Morgan fingerprint density at radius 3 is 2.40 bits per heavy atom. The van der Waals surface area contributed by atoms with Crippen molar-refractivity contribution in [2.24, 2.45) is 0 Å². The number of methoxy groups -OCH3 is 1. The van der Waals surface area contributed by atoms with Gasteiger partial charge in [-0.15, -0.1) is 0 Å². The highest BCUT2D eigenvalue weighted by molar-refractivity contribution is 5.89. The molecule has 132 valence electrons. The van der Waals surface area contributed by atoms with Crippen LogP contribution in [0.5, 0.6) is 5.75 Å². The summed E-state index contributed by atoms with van der Waals surface area (Å²) in [6.45, 7) is 4.29. The third-order valence-corrected chi connectivity index (χ3v) is 4.57. The monoisotopic (exact) mass is 339 g/mol. The quantitative estimate of drug-likeness (QED) is 0.910. The van der Waals surface area contributed by atoms with Gasteiger partial charge in [-0.3, -0.25) is 4.90 Å². The first-order chi connectivity index (χ1) is 12.3. The lowest BCUT2D eigenvalue weighted by molar-refractivity contribution is 0.148. The van der Waals surface area contributed by atoms with E-state index in [2.05, 4.69) is 16.3 Å². The van der Waals surface area contributed by atoms with Gasteiger partial charge in [-0.1, -0.05) is 36.4 Å². The highest BCUT2D eigenvalue weighted by Crippen LogP contribution is 2.18. The van der Waals surface area contributed by atoms with Gasteiger partial charge in [0.25, 0.3) is 0 Å².